The molecule has 0 spiro atoms. The molecule has 0 atom stereocenters. The maximum absolute atomic E-state index is 2.64. The molecule has 0 aromatic heterocycles. The fraction of sp³-hybridized carbons (Fsp3) is 0.0217. The third-order valence-corrected chi connectivity index (χ3v) is 19.6. The van der Waals surface area contributed by atoms with Crippen LogP contribution in [0.3, 0.4) is 0 Å². The van der Waals surface area contributed by atoms with E-state index >= 15 is 0 Å². The van der Waals surface area contributed by atoms with Crippen molar-refractivity contribution in [3.8, 4) is 89.0 Å². The summed E-state index contributed by atoms with van der Waals surface area (Å²) in [5.41, 5.74) is 34.7. The van der Waals surface area contributed by atoms with Gasteiger partial charge in [-0.15, -0.1) is 0 Å². The summed E-state index contributed by atoms with van der Waals surface area (Å²) in [4.78, 5) is 7.85. The Labute approximate surface area is 555 Å². The van der Waals surface area contributed by atoms with E-state index in [-0.39, 0.29) is 5.92 Å². The topological polar surface area (TPSA) is 9.72 Å². The minimum absolute atomic E-state index is 0.0857. The molecule has 3 heteroatoms. The first kappa shape index (κ1) is 55.5. The third-order valence-electron chi connectivity index (χ3n) is 19.6. The molecule has 3 nitrogen and oxygen atoms in total. The second-order valence-electron chi connectivity index (χ2n) is 25.2. The Bertz CT molecular complexity index is 4950. The Balaban J connectivity index is 0.993. The average Bonchev–Trinajstić information content (AvgIpc) is 0.699. The second-order valence-corrected chi connectivity index (χ2v) is 25.2. The molecular formula is C92H63N3. The van der Waals surface area contributed by atoms with Crippen LogP contribution in [0.25, 0.3) is 89.0 Å². The summed E-state index contributed by atoms with van der Waals surface area (Å²) in [6.07, 6.45) is 0.877. The van der Waals surface area contributed by atoms with Crippen molar-refractivity contribution < 1.29 is 0 Å². The zero-order valence-electron chi connectivity index (χ0n) is 52.3. The van der Waals surface area contributed by atoms with Gasteiger partial charge < -0.3 is 14.7 Å². The molecule has 2 aliphatic heterocycles. The summed E-state index contributed by atoms with van der Waals surface area (Å²) in [6, 6.07) is 135. The Hall–Kier alpha value is -12.3. The molecule has 446 valence electrons. The molecule has 15 aromatic rings. The van der Waals surface area contributed by atoms with Crippen molar-refractivity contribution in [2.45, 2.75) is 12.3 Å². The van der Waals surface area contributed by atoms with Crippen LogP contribution < -0.4 is 14.7 Å². The summed E-state index contributed by atoms with van der Waals surface area (Å²) >= 11 is 0. The van der Waals surface area contributed by atoms with E-state index < -0.39 is 0 Å². The number of nitrogens with zero attached hydrogens (tertiary/aromatic N) is 3. The molecule has 0 saturated carbocycles. The van der Waals surface area contributed by atoms with E-state index in [1.54, 1.807) is 0 Å². The number of anilines is 9. The molecule has 0 radical (unpaired) electrons. The summed E-state index contributed by atoms with van der Waals surface area (Å²) < 4.78 is 0. The molecule has 0 bridgehead atoms. The zero-order valence-corrected chi connectivity index (χ0v) is 52.3. The Morgan fingerprint density at radius 3 is 0.863 bits per heavy atom. The lowest BCUT2D eigenvalue weighted by molar-refractivity contribution is 0.884. The van der Waals surface area contributed by atoms with Gasteiger partial charge in [0.25, 0.3) is 0 Å². The van der Waals surface area contributed by atoms with Gasteiger partial charge in [0, 0.05) is 17.3 Å². The molecule has 3 aliphatic rings. The van der Waals surface area contributed by atoms with Gasteiger partial charge in [0.2, 0.25) is 0 Å². The van der Waals surface area contributed by atoms with E-state index in [1.165, 1.54) is 50.1 Å². The van der Waals surface area contributed by atoms with Crippen LogP contribution >= 0.6 is 0 Å². The van der Waals surface area contributed by atoms with Crippen LogP contribution in [0.4, 0.5) is 51.2 Å². The van der Waals surface area contributed by atoms with Crippen molar-refractivity contribution in [1.82, 2.24) is 0 Å². The van der Waals surface area contributed by atoms with Gasteiger partial charge in [0.1, 0.15) is 0 Å². The monoisotopic (exact) mass is 1210 g/mol. The van der Waals surface area contributed by atoms with Crippen LogP contribution in [0.1, 0.15) is 33.7 Å². The summed E-state index contributed by atoms with van der Waals surface area (Å²) in [5.74, 6) is -0.0857. The first-order valence-electron chi connectivity index (χ1n) is 33.0. The highest BCUT2D eigenvalue weighted by molar-refractivity contribution is 6.14. The fourth-order valence-corrected chi connectivity index (χ4v) is 15.2. The third kappa shape index (κ3) is 9.84. The quantitative estimate of drug-likeness (QED) is 0.128. The fourth-order valence-electron chi connectivity index (χ4n) is 15.2. The van der Waals surface area contributed by atoms with Crippen LogP contribution in [-0.4, -0.2) is 0 Å². The molecular weight excluding hydrogens is 1150 g/mol. The first-order valence-corrected chi connectivity index (χ1v) is 33.0. The van der Waals surface area contributed by atoms with Gasteiger partial charge in [-0.25, -0.2) is 0 Å². The first-order chi connectivity index (χ1) is 47.1. The molecule has 95 heavy (non-hydrogen) atoms. The van der Waals surface area contributed by atoms with E-state index in [0.717, 1.165) is 124 Å². The predicted molar refractivity (Wildman–Crippen MR) is 398 cm³/mol. The van der Waals surface area contributed by atoms with E-state index in [1.807, 2.05) is 0 Å². The summed E-state index contributed by atoms with van der Waals surface area (Å²) in [5, 5.41) is 0. The van der Waals surface area contributed by atoms with Crippen LogP contribution in [0, 0.1) is 0 Å². The van der Waals surface area contributed by atoms with Gasteiger partial charge in [-0.3, -0.25) is 0 Å². The van der Waals surface area contributed by atoms with Gasteiger partial charge in [-0.05, 0) is 196 Å². The molecule has 0 unspecified atom stereocenters. The predicted octanol–water partition coefficient (Wildman–Crippen LogP) is 25.1. The smallest absolute Gasteiger partial charge is 0.0948 e. The van der Waals surface area contributed by atoms with Crippen molar-refractivity contribution in [3.05, 3.63) is 392 Å². The molecule has 0 fully saturated rings. The standard InChI is InChI=1S/C92H63N3/c1-7-27-62(28-8-1)72-52-73(63-29-9-2-10-30-63)55-77(54-72)93-85-49-47-70(81-43-25-23-41-79(81)66-35-15-5-16-36-66)58-87(85)95-88-59-71(82-44-26-24-42-80(82)67-37-17-6-18-38-67)48-50-86(88)94(78-56-74(64-31-11-3-12-32-64)53-75(57-78)65-33-13-4-14-34-65)90-61-76(60-89(93)92(90)95)91-83-45-21-19-39-68(83)51-69-40-20-22-46-84(69)91/h1-50,52-61,91H,51H2. The number of hydrogen-bond donors (Lipinski definition) is 0. The molecule has 1 aliphatic carbocycles. The number of rotatable bonds is 11. The average molecular weight is 1210 g/mol. The van der Waals surface area contributed by atoms with Crippen LogP contribution in [0.2, 0.25) is 0 Å². The Morgan fingerprint density at radius 1 is 0.200 bits per heavy atom. The van der Waals surface area contributed by atoms with Gasteiger partial charge >= 0.3 is 0 Å². The molecule has 2 heterocycles. The highest BCUT2D eigenvalue weighted by Crippen LogP contribution is 2.66. The van der Waals surface area contributed by atoms with E-state index in [2.05, 4.69) is 379 Å². The maximum Gasteiger partial charge on any atom is 0.0948 e. The molecule has 18 rings (SSSR count). The second kappa shape index (κ2) is 23.4. The Kier molecular flexibility index (Phi) is 13.7. The van der Waals surface area contributed by atoms with Crippen molar-refractivity contribution in [2.75, 3.05) is 14.7 Å². The van der Waals surface area contributed by atoms with Gasteiger partial charge in [0.05, 0.1) is 39.8 Å². The summed E-state index contributed by atoms with van der Waals surface area (Å²) in [6.45, 7) is 0. The minimum Gasteiger partial charge on any atom is -0.306 e. The van der Waals surface area contributed by atoms with Crippen molar-refractivity contribution in [1.29, 1.82) is 0 Å². The largest absolute Gasteiger partial charge is 0.306 e. The Morgan fingerprint density at radius 2 is 0.505 bits per heavy atom. The van der Waals surface area contributed by atoms with E-state index in [0.29, 0.717) is 0 Å². The number of hydrogen-bond acceptors (Lipinski definition) is 3. The van der Waals surface area contributed by atoms with E-state index in [9.17, 15) is 0 Å². The van der Waals surface area contributed by atoms with Crippen molar-refractivity contribution in [2.24, 2.45) is 0 Å². The van der Waals surface area contributed by atoms with Crippen molar-refractivity contribution in [3.63, 3.8) is 0 Å². The normalized spacial score (nSPS) is 12.7. The molecule has 0 amide bonds. The number of benzene rings is 15. The van der Waals surface area contributed by atoms with Crippen LogP contribution in [0.15, 0.2) is 364 Å². The zero-order chi connectivity index (χ0) is 62.8. The summed E-state index contributed by atoms with van der Waals surface area (Å²) in [7, 11) is 0. The van der Waals surface area contributed by atoms with Crippen LogP contribution in [0.5, 0.6) is 0 Å². The lowest BCUT2D eigenvalue weighted by Crippen LogP contribution is -2.31. The van der Waals surface area contributed by atoms with Crippen LogP contribution in [-0.2, 0) is 6.42 Å². The van der Waals surface area contributed by atoms with Gasteiger partial charge in [0.15, 0.2) is 0 Å². The highest BCUT2D eigenvalue weighted by Gasteiger charge is 2.42. The maximum atomic E-state index is 2.64. The van der Waals surface area contributed by atoms with Gasteiger partial charge in [-0.1, -0.05) is 291 Å². The number of fused-ring (bicyclic) bond motifs is 6. The van der Waals surface area contributed by atoms with Crippen molar-refractivity contribution >= 4 is 51.2 Å². The van der Waals surface area contributed by atoms with Gasteiger partial charge in [-0.2, -0.15) is 0 Å². The minimum atomic E-state index is -0.0857. The lowest BCUT2D eigenvalue weighted by Gasteiger charge is -2.48. The lowest BCUT2D eigenvalue weighted by atomic mass is 9.74. The molecule has 15 aromatic carbocycles. The molecule has 0 N–H and O–H groups in total. The van der Waals surface area contributed by atoms with E-state index in [4.69, 9.17) is 0 Å². The highest BCUT2D eigenvalue weighted by atomic mass is 15.3. The SMILES string of the molecule is c1ccc(-c2cc(-c3ccccc3)cc(N3c4ccc(-c5ccccc5-c5ccccc5)cc4N4c5cc(-c6ccccc6-c6ccccc6)ccc5N(c5cc(-c6ccccc6)cc(-c6ccccc6)c5)c5cc(C6c7ccccc7Cc7ccccc76)cc3c54)c2)cc1. The molecule has 0 saturated heterocycles.